The maximum Gasteiger partial charge on any atom is 0.315 e. The molecule has 4 rings (SSSR count). The number of aliphatic hydroxyl groups is 1. The highest BCUT2D eigenvalue weighted by molar-refractivity contribution is 5.76. The average molecular weight is 394 g/mol. The van der Waals surface area contributed by atoms with Gasteiger partial charge in [-0.3, -0.25) is 0 Å². The van der Waals surface area contributed by atoms with E-state index in [0.29, 0.717) is 12.2 Å². The second-order valence-corrected chi connectivity index (χ2v) is 7.47. The Morgan fingerprint density at radius 3 is 2.72 bits per heavy atom. The highest BCUT2D eigenvalue weighted by Crippen LogP contribution is 2.22. The molecule has 29 heavy (non-hydrogen) atoms. The van der Waals surface area contributed by atoms with Gasteiger partial charge in [-0.25, -0.2) is 9.78 Å². The van der Waals surface area contributed by atoms with Gasteiger partial charge in [-0.1, -0.05) is 24.3 Å². The molecule has 1 aromatic heterocycles. The number of methoxy groups -OCH3 is 1. The van der Waals surface area contributed by atoms with Gasteiger partial charge in [-0.15, -0.1) is 0 Å². The minimum Gasteiger partial charge on any atom is -0.497 e. The summed E-state index contributed by atoms with van der Waals surface area (Å²) in [5.41, 5.74) is 2.84. The minimum atomic E-state index is -0.480. The lowest BCUT2D eigenvalue weighted by atomic mass is 10.1. The minimum absolute atomic E-state index is 0.202. The fourth-order valence-corrected chi connectivity index (χ4v) is 3.83. The number of carbonyl (C=O) groups excluding carboxylic acids is 1. The van der Waals surface area contributed by atoms with E-state index in [0.717, 1.165) is 41.6 Å². The van der Waals surface area contributed by atoms with Crippen LogP contribution in [0.2, 0.25) is 0 Å². The van der Waals surface area contributed by atoms with Crippen LogP contribution in [0.3, 0.4) is 0 Å². The quantitative estimate of drug-likeness (QED) is 0.516. The van der Waals surface area contributed by atoms with Crippen molar-refractivity contribution < 1.29 is 14.6 Å². The molecule has 1 fully saturated rings. The number of urea groups is 1. The van der Waals surface area contributed by atoms with Gasteiger partial charge in [0.1, 0.15) is 11.6 Å². The SMILES string of the molecule is COc1ccc(C[C@@H](NC(=O)N[C@H]2CCC[C@@H]2O)c2nc3ccccc3[nH]2)cc1. The highest BCUT2D eigenvalue weighted by Gasteiger charge is 2.28. The maximum atomic E-state index is 12.6. The number of rotatable bonds is 6. The number of aromatic amines is 1. The zero-order valence-corrected chi connectivity index (χ0v) is 16.4. The fraction of sp³-hybridized carbons (Fsp3) is 0.364. The monoisotopic (exact) mass is 394 g/mol. The molecule has 3 atom stereocenters. The Kier molecular flexibility index (Phi) is 5.67. The number of hydrogen-bond acceptors (Lipinski definition) is 4. The molecule has 1 saturated carbocycles. The number of nitrogens with one attached hydrogen (secondary N) is 3. The number of nitrogens with zero attached hydrogens (tertiary/aromatic N) is 1. The molecule has 3 aromatic rings. The van der Waals surface area contributed by atoms with Gasteiger partial charge in [0.25, 0.3) is 0 Å². The molecular weight excluding hydrogens is 368 g/mol. The van der Waals surface area contributed by atoms with E-state index in [4.69, 9.17) is 4.74 Å². The Morgan fingerprint density at radius 2 is 2.03 bits per heavy atom. The van der Waals surface area contributed by atoms with E-state index in [1.165, 1.54) is 0 Å². The lowest BCUT2D eigenvalue weighted by Crippen LogP contribution is -2.46. The molecule has 0 unspecified atom stereocenters. The third-order valence-electron chi connectivity index (χ3n) is 5.44. The van der Waals surface area contributed by atoms with E-state index < -0.39 is 6.10 Å². The number of imidazole rings is 1. The van der Waals surface area contributed by atoms with Gasteiger partial charge >= 0.3 is 6.03 Å². The first-order chi connectivity index (χ1) is 14.1. The number of carbonyl (C=O) groups is 1. The van der Waals surface area contributed by atoms with Crippen LogP contribution in [0.25, 0.3) is 11.0 Å². The molecule has 7 nitrogen and oxygen atoms in total. The van der Waals surface area contributed by atoms with Crippen molar-refractivity contribution in [2.45, 2.75) is 43.9 Å². The third kappa shape index (κ3) is 4.51. The summed E-state index contributed by atoms with van der Waals surface area (Å²) in [7, 11) is 1.63. The van der Waals surface area contributed by atoms with E-state index in [1.807, 2.05) is 48.5 Å². The number of fused-ring (bicyclic) bond motifs is 1. The third-order valence-corrected chi connectivity index (χ3v) is 5.44. The van der Waals surface area contributed by atoms with Gasteiger partial charge in [0, 0.05) is 0 Å². The summed E-state index contributed by atoms with van der Waals surface area (Å²) in [5, 5.41) is 15.9. The van der Waals surface area contributed by atoms with E-state index >= 15 is 0 Å². The van der Waals surface area contributed by atoms with E-state index in [2.05, 4.69) is 20.6 Å². The lowest BCUT2D eigenvalue weighted by Gasteiger charge is -2.21. The molecule has 1 aliphatic rings. The largest absolute Gasteiger partial charge is 0.497 e. The standard InChI is InChI=1S/C22H26N4O3/c1-29-15-11-9-14(10-12-15)13-19(21-23-16-5-2-3-6-17(16)24-21)26-22(28)25-18-7-4-8-20(18)27/h2-3,5-6,9-12,18-20,27H,4,7-8,13H2,1H3,(H,23,24)(H2,25,26,28)/t18-,19+,20-/m0/s1. The van der Waals surface area contributed by atoms with Crippen LogP contribution in [0.1, 0.15) is 36.7 Å². The molecule has 7 heteroatoms. The molecule has 0 aliphatic heterocycles. The molecule has 152 valence electrons. The van der Waals surface area contributed by atoms with Gasteiger partial charge in [0.05, 0.1) is 36.3 Å². The van der Waals surface area contributed by atoms with E-state index in [1.54, 1.807) is 7.11 Å². The number of aromatic nitrogens is 2. The zero-order chi connectivity index (χ0) is 20.2. The van der Waals surface area contributed by atoms with Crippen LogP contribution in [0.5, 0.6) is 5.75 Å². The van der Waals surface area contributed by atoms with Crippen molar-refractivity contribution in [3.63, 3.8) is 0 Å². The molecule has 1 aliphatic carbocycles. The second-order valence-electron chi connectivity index (χ2n) is 7.47. The van der Waals surface area contributed by atoms with Crippen LogP contribution < -0.4 is 15.4 Å². The van der Waals surface area contributed by atoms with Crippen molar-refractivity contribution in [2.24, 2.45) is 0 Å². The predicted molar refractivity (Wildman–Crippen MR) is 111 cm³/mol. The van der Waals surface area contributed by atoms with Crippen molar-refractivity contribution >= 4 is 17.1 Å². The number of aliphatic hydroxyl groups excluding tert-OH is 1. The van der Waals surface area contributed by atoms with Gasteiger partial charge < -0.3 is 25.5 Å². The van der Waals surface area contributed by atoms with Crippen LogP contribution in [0, 0.1) is 0 Å². The number of para-hydroxylation sites is 2. The first kappa shape index (κ1) is 19.3. The Hall–Kier alpha value is -3.06. The molecule has 4 N–H and O–H groups in total. The van der Waals surface area contributed by atoms with Crippen molar-refractivity contribution in [2.75, 3.05) is 7.11 Å². The number of hydrogen-bond donors (Lipinski definition) is 4. The Bertz CT molecular complexity index is 937. The Balaban J connectivity index is 1.54. The summed E-state index contributed by atoms with van der Waals surface area (Å²) < 4.78 is 5.23. The Labute approximate surface area is 169 Å². The Morgan fingerprint density at radius 1 is 1.24 bits per heavy atom. The highest BCUT2D eigenvalue weighted by atomic mass is 16.5. The molecule has 0 spiro atoms. The number of benzene rings is 2. The molecule has 2 amide bonds. The molecule has 0 saturated heterocycles. The smallest absolute Gasteiger partial charge is 0.315 e. The normalized spacial score (nSPS) is 19.8. The molecule has 0 radical (unpaired) electrons. The second kappa shape index (κ2) is 8.53. The van der Waals surface area contributed by atoms with E-state index in [-0.39, 0.29) is 18.1 Å². The van der Waals surface area contributed by atoms with Gasteiger partial charge in [-0.05, 0) is 55.5 Å². The fourth-order valence-electron chi connectivity index (χ4n) is 3.83. The maximum absolute atomic E-state index is 12.6. The number of ether oxygens (including phenoxy) is 1. The summed E-state index contributed by atoms with van der Waals surface area (Å²) in [6, 6.07) is 14.7. The van der Waals surface area contributed by atoms with Crippen LogP contribution in [0.4, 0.5) is 4.79 Å². The van der Waals surface area contributed by atoms with Crippen LogP contribution in [-0.4, -0.2) is 40.4 Å². The predicted octanol–water partition coefficient (Wildman–Crippen LogP) is 3.07. The zero-order valence-electron chi connectivity index (χ0n) is 16.4. The summed E-state index contributed by atoms with van der Waals surface area (Å²) >= 11 is 0. The summed E-state index contributed by atoms with van der Waals surface area (Å²) in [4.78, 5) is 20.6. The average Bonchev–Trinajstić information content (AvgIpc) is 3.34. The van der Waals surface area contributed by atoms with Gasteiger partial charge in [0.15, 0.2) is 0 Å². The van der Waals surface area contributed by atoms with E-state index in [9.17, 15) is 9.90 Å². The van der Waals surface area contributed by atoms with Gasteiger partial charge in [0.2, 0.25) is 0 Å². The summed E-state index contributed by atoms with van der Waals surface area (Å²) in [6.45, 7) is 0. The topological polar surface area (TPSA) is 99.3 Å². The van der Waals surface area contributed by atoms with Crippen LogP contribution in [0.15, 0.2) is 48.5 Å². The summed E-state index contributed by atoms with van der Waals surface area (Å²) in [6.07, 6.45) is 2.54. The molecule has 0 bridgehead atoms. The van der Waals surface area contributed by atoms with Crippen molar-refractivity contribution in [1.29, 1.82) is 0 Å². The first-order valence-corrected chi connectivity index (χ1v) is 9.95. The summed E-state index contributed by atoms with van der Waals surface area (Å²) in [5.74, 6) is 1.49. The number of amides is 2. The van der Waals surface area contributed by atoms with Crippen molar-refractivity contribution in [1.82, 2.24) is 20.6 Å². The van der Waals surface area contributed by atoms with Crippen LogP contribution >= 0.6 is 0 Å². The number of H-pyrrole nitrogens is 1. The molecule has 1 heterocycles. The molecule has 2 aromatic carbocycles. The van der Waals surface area contributed by atoms with Gasteiger partial charge in [-0.2, -0.15) is 0 Å². The lowest BCUT2D eigenvalue weighted by molar-refractivity contribution is 0.149. The first-order valence-electron chi connectivity index (χ1n) is 9.95. The van der Waals surface area contributed by atoms with Crippen molar-refractivity contribution in [3.05, 3.63) is 59.9 Å². The molecular formula is C22H26N4O3. The van der Waals surface area contributed by atoms with Crippen molar-refractivity contribution in [3.8, 4) is 5.75 Å². The van der Waals surface area contributed by atoms with Crippen LogP contribution in [-0.2, 0) is 6.42 Å².